The summed E-state index contributed by atoms with van der Waals surface area (Å²) in [5.74, 6) is -0.131. The van der Waals surface area contributed by atoms with Crippen molar-refractivity contribution in [2.75, 3.05) is 6.61 Å². The molecule has 0 aliphatic rings. The Bertz CT molecular complexity index is 867. The molecule has 5 heteroatoms. The van der Waals surface area contributed by atoms with E-state index in [9.17, 15) is 9.90 Å². The van der Waals surface area contributed by atoms with Crippen LogP contribution in [0.15, 0.2) is 39.5 Å². The molecular weight excluding hydrogens is 280 g/mol. The van der Waals surface area contributed by atoms with Gasteiger partial charge in [-0.25, -0.2) is 4.79 Å². The van der Waals surface area contributed by atoms with Crippen molar-refractivity contribution in [1.29, 1.82) is 0 Å². The zero-order valence-corrected chi connectivity index (χ0v) is 11.1. The first-order chi connectivity index (χ1) is 9.63. The van der Waals surface area contributed by atoms with E-state index in [1.807, 2.05) is 6.07 Å². The van der Waals surface area contributed by atoms with Gasteiger partial charge in [-0.15, -0.1) is 0 Å². The number of halogens is 1. The third-order valence-corrected chi connectivity index (χ3v) is 3.66. The summed E-state index contributed by atoms with van der Waals surface area (Å²) >= 11 is 5.98. The maximum Gasteiger partial charge on any atom is 0.344 e. The van der Waals surface area contributed by atoms with Gasteiger partial charge < -0.3 is 14.6 Å². The van der Waals surface area contributed by atoms with Crippen LogP contribution in [-0.4, -0.2) is 16.8 Å². The molecule has 0 radical (unpaired) electrons. The smallest absolute Gasteiger partial charge is 0.344 e. The van der Waals surface area contributed by atoms with Crippen LogP contribution in [0.5, 0.6) is 5.75 Å². The number of rotatable bonds is 2. The number of aromatic hydroxyl groups is 1. The minimum Gasteiger partial charge on any atom is -0.506 e. The first-order valence-electron chi connectivity index (χ1n) is 6.10. The van der Waals surface area contributed by atoms with Crippen molar-refractivity contribution in [3.05, 3.63) is 51.3 Å². The zero-order valence-electron chi connectivity index (χ0n) is 10.4. The third-order valence-electron chi connectivity index (χ3n) is 3.30. The molecular formula is C15H11ClO4. The molecule has 0 atom stereocenters. The van der Waals surface area contributed by atoms with Crippen LogP contribution in [0.1, 0.15) is 5.56 Å². The molecule has 1 heterocycles. The molecule has 0 bridgehead atoms. The number of hydrogen-bond donors (Lipinski definition) is 2. The van der Waals surface area contributed by atoms with Gasteiger partial charge in [0.15, 0.2) is 5.58 Å². The van der Waals surface area contributed by atoms with Crippen molar-refractivity contribution in [3.8, 4) is 5.75 Å². The number of hydrogen-bond acceptors (Lipinski definition) is 4. The SMILES string of the molecule is O=c1oc2c(Cl)c(O)ccc2c2cccc(CCO)c12. The first kappa shape index (κ1) is 13.0. The van der Waals surface area contributed by atoms with E-state index in [0.29, 0.717) is 22.6 Å². The van der Waals surface area contributed by atoms with Crippen LogP contribution in [0, 0.1) is 0 Å². The highest BCUT2D eigenvalue weighted by Gasteiger charge is 2.14. The minimum absolute atomic E-state index is 0.0223. The Kier molecular flexibility index (Phi) is 3.12. The van der Waals surface area contributed by atoms with Crippen molar-refractivity contribution in [3.63, 3.8) is 0 Å². The molecule has 1 aromatic heterocycles. The highest BCUT2D eigenvalue weighted by molar-refractivity contribution is 6.37. The van der Waals surface area contributed by atoms with Gasteiger partial charge in [-0.05, 0) is 24.1 Å². The summed E-state index contributed by atoms with van der Waals surface area (Å²) in [5, 5.41) is 20.5. The van der Waals surface area contributed by atoms with Crippen LogP contribution < -0.4 is 5.63 Å². The lowest BCUT2D eigenvalue weighted by atomic mass is 10.0. The fourth-order valence-corrected chi connectivity index (χ4v) is 2.60. The Balaban J connectivity index is 2.53. The highest BCUT2D eigenvalue weighted by atomic mass is 35.5. The van der Waals surface area contributed by atoms with Crippen molar-refractivity contribution < 1.29 is 14.6 Å². The van der Waals surface area contributed by atoms with E-state index in [0.717, 1.165) is 5.56 Å². The van der Waals surface area contributed by atoms with E-state index in [2.05, 4.69) is 0 Å². The van der Waals surface area contributed by atoms with E-state index >= 15 is 0 Å². The largest absolute Gasteiger partial charge is 0.506 e. The van der Waals surface area contributed by atoms with E-state index in [1.165, 1.54) is 6.07 Å². The predicted octanol–water partition coefficient (Wildman–Crippen LogP) is 2.84. The third kappa shape index (κ3) is 1.85. The number of aliphatic hydroxyl groups is 1. The van der Waals surface area contributed by atoms with Crippen molar-refractivity contribution in [2.24, 2.45) is 0 Å². The van der Waals surface area contributed by atoms with Gasteiger partial charge in [-0.2, -0.15) is 0 Å². The van der Waals surface area contributed by atoms with Crippen LogP contribution in [-0.2, 0) is 6.42 Å². The van der Waals surface area contributed by atoms with Crippen LogP contribution in [0.3, 0.4) is 0 Å². The molecule has 3 rings (SSSR count). The maximum atomic E-state index is 12.2. The van der Waals surface area contributed by atoms with Gasteiger partial charge >= 0.3 is 5.63 Å². The van der Waals surface area contributed by atoms with E-state index < -0.39 is 5.63 Å². The summed E-state index contributed by atoms with van der Waals surface area (Å²) < 4.78 is 5.24. The van der Waals surface area contributed by atoms with Crippen LogP contribution in [0.25, 0.3) is 21.7 Å². The topological polar surface area (TPSA) is 70.7 Å². The van der Waals surface area contributed by atoms with Gasteiger partial charge in [0.25, 0.3) is 0 Å². The van der Waals surface area contributed by atoms with Crippen LogP contribution in [0.4, 0.5) is 0 Å². The second-order valence-electron chi connectivity index (χ2n) is 4.48. The molecule has 2 N–H and O–H groups in total. The molecule has 3 aromatic rings. The second-order valence-corrected chi connectivity index (χ2v) is 4.86. The molecule has 0 aliphatic carbocycles. The molecule has 0 unspecified atom stereocenters. The zero-order chi connectivity index (χ0) is 14.3. The number of phenols is 1. The van der Waals surface area contributed by atoms with E-state index in [-0.39, 0.29) is 23.0 Å². The number of benzene rings is 2. The number of phenolic OH excluding ortho intramolecular Hbond substituents is 1. The van der Waals surface area contributed by atoms with E-state index in [4.69, 9.17) is 21.1 Å². The van der Waals surface area contributed by atoms with Gasteiger partial charge in [0.1, 0.15) is 10.8 Å². The number of fused-ring (bicyclic) bond motifs is 3. The quantitative estimate of drug-likeness (QED) is 0.562. The van der Waals surface area contributed by atoms with Gasteiger partial charge in [-0.1, -0.05) is 29.8 Å². The average Bonchev–Trinajstić information content (AvgIpc) is 2.44. The Morgan fingerprint density at radius 1 is 1.15 bits per heavy atom. The summed E-state index contributed by atoms with van der Waals surface area (Å²) in [6.45, 7) is -0.0487. The lowest BCUT2D eigenvalue weighted by molar-refractivity contribution is 0.300. The fourth-order valence-electron chi connectivity index (χ4n) is 2.40. The molecule has 102 valence electrons. The Labute approximate surface area is 118 Å². The summed E-state index contributed by atoms with van der Waals surface area (Å²) in [4.78, 5) is 12.2. The van der Waals surface area contributed by atoms with Gasteiger partial charge in [0.05, 0.1) is 5.39 Å². The second kappa shape index (κ2) is 4.81. The molecule has 0 saturated heterocycles. The van der Waals surface area contributed by atoms with Gasteiger partial charge in [0.2, 0.25) is 0 Å². The van der Waals surface area contributed by atoms with Crippen molar-refractivity contribution in [2.45, 2.75) is 6.42 Å². The summed E-state index contributed by atoms with van der Waals surface area (Å²) in [6, 6.07) is 8.51. The standard InChI is InChI=1S/C15H11ClO4/c16-13-11(18)5-4-10-9-3-1-2-8(6-7-17)12(9)15(19)20-14(10)13/h1-5,17-18H,6-7H2. The monoisotopic (exact) mass is 290 g/mol. The average molecular weight is 291 g/mol. The van der Waals surface area contributed by atoms with Crippen molar-refractivity contribution in [1.82, 2.24) is 0 Å². The van der Waals surface area contributed by atoms with Gasteiger partial charge in [-0.3, -0.25) is 0 Å². The number of aliphatic hydroxyl groups excluding tert-OH is 1. The highest BCUT2D eigenvalue weighted by Crippen LogP contribution is 2.34. The lowest BCUT2D eigenvalue weighted by Gasteiger charge is -2.08. The van der Waals surface area contributed by atoms with Gasteiger partial charge in [0, 0.05) is 17.4 Å². The molecule has 20 heavy (non-hydrogen) atoms. The molecule has 0 amide bonds. The summed E-state index contributed by atoms with van der Waals surface area (Å²) in [6.07, 6.45) is 0.374. The van der Waals surface area contributed by atoms with Crippen LogP contribution in [0.2, 0.25) is 5.02 Å². The van der Waals surface area contributed by atoms with Crippen molar-refractivity contribution >= 4 is 33.3 Å². The molecule has 2 aromatic carbocycles. The summed E-state index contributed by atoms with van der Waals surface area (Å²) in [5.41, 5.74) is 0.374. The summed E-state index contributed by atoms with van der Waals surface area (Å²) in [7, 11) is 0. The fraction of sp³-hybridized carbons (Fsp3) is 0.133. The molecule has 0 spiro atoms. The van der Waals surface area contributed by atoms with Crippen LogP contribution >= 0.6 is 11.6 Å². The molecule has 0 fully saturated rings. The lowest BCUT2D eigenvalue weighted by Crippen LogP contribution is -2.05. The Hall–Kier alpha value is -2.04. The van der Waals surface area contributed by atoms with E-state index in [1.54, 1.807) is 18.2 Å². The predicted molar refractivity (Wildman–Crippen MR) is 77.5 cm³/mol. The molecule has 4 nitrogen and oxygen atoms in total. The Morgan fingerprint density at radius 3 is 2.70 bits per heavy atom. The Morgan fingerprint density at radius 2 is 1.95 bits per heavy atom. The molecule has 0 aliphatic heterocycles. The minimum atomic E-state index is -0.524. The maximum absolute atomic E-state index is 12.2. The molecule has 0 saturated carbocycles. The normalized spacial score (nSPS) is 11.3. The first-order valence-corrected chi connectivity index (χ1v) is 6.48.